The standard InChI is InChI=1S/C11H8BrNO3S/c12-9-3-5-11(6-4-9)17(14,15)16-10-2-1-7-13-8-10/h1-8H. The molecule has 0 bridgehead atoms. The molecule has 0 spiro atoms. The van der Waals surface area contributed by atoms with Gasteiger partial charge < -0.3 is 4.18 Å². The normalized spacial score (nSPS) is 11.1. The van der Waals surface area contributed by atoms with E-state index in [0.29, 0.717) is 0 Å². The maximum Gasteiger partial charge on any atom is 0.339 e. The van der Waals surface area contributed by atoms with Crippen molar-refractivity contribution < 1.29 is 12.6 Å². The van der Waals surface area contributed by atoms with Crippen LogP contribution < -0.4 is 4.18 Å². The van der Waals surface area contributed by atoms with Gasteiger partial charge in [0, 0.05) is 10.7 Å². The van der Waals surface area contributed by atoms with Crippen molar-refractivity contribution >= 4 is 26.0 Å². The quantitative estimate of drug-likeness (QED) is 0.817. The molecule has 17 heavy (non-hydrogen) atoms. The van der Waals surface area contributed by atoms with Crippen molar-refractivity contribution in [1.29, 1.82) is 0 Å². The van der Waals surface area contributed by atoms with Gasteiger partial charge in [-0.25, -0.2) is 0 Å². The molecule has 1 heterocycles. The van der Waals surface area contributed by atoms with E-state index in [1.165, 1.54) is 24.4 Å². The van der Waals surface area contributed by atoms with Crippen LogP contribution in [-0.4, -0.2) is 13.4 Å². The molecule has 0 saturated heterocycles. The van der Waals surface area contributed by atoms with E-state index in [1.807, 2.05) is 0 Å². The summed E-state index contributed by atoms with van der Waals surface area (Å²) < 4.78 is 29.4. The van der Waals surface area contributed by atoms with E-state index in [4.69, 9.17) is 4.18 Å². The van der Waals surface area contributed by atoms with E-state index in [-0.39, 0.29) is 10.6 Å². The average molecular weight is 314 g/mol. The third kappa shape index (κ3) is 3.04. The summed E-state index contributed by atoms with van der Waals surface area (Å²) in [5, 5.41) is 0. The van der Waals surface area contributed by atoms with Crippen LogP contribution in [0.25, 0.3) is 0 Å². The molecule has 2 rings (SSSR count). The van der Waals surface area contributed by atoms with Crippen LogP contribution in [0.15, 0.2) is 58.2 Å². The Labute approximate surface area is 108 Å². The molecule has 2 aromatic rings. The Morgan fingerprint density at radius 2 is 1.82 bits per heavy atom. The van der Waals surface area contributed by atoms with Gasteiger partial charge in [-0.1, -0.05) is 15.9 Å². The van der Waals surface area contributed by atoms with Crippen LogP contribution in [0.3, 0.4) is 0 Å². The van der Waals surface area contributed by atoms with Crippen LogP contribution in [0.1, 0.15) is 0 Å². The van der Waals surface area contributed by atoms with Crippen molar-refractivity contribution in [3.8, 4) is 5.75 Å². The number of aromatic nitrogens is 1. The minimum absolute atomic E-state index is 0.101. The van der Waals surface area contributed by atoms with Crippen LogP contribution in [0.5, 0.6) is 5.75 Å². The van der Waals surface area contributed by atoms with Crippen LogP contribution in [0, 0.1) is 0 Å². The summed E-state index contributed by atoms with van der Waals surface area (Å²) in [7, 11) is -3.79. The lowest BCUT2D eigenvalue weighted by Gasteiger charge is -2.06. The zero-order valence-corrected chi connectivity index (χ0v) is 11.0. The lowest BCUT2D eigenvalue weighted by molar-refractivity contribution is 0.485. The van der Waals surface area contributed by atoms with Gasteiger partial charge in [-0.3, -0.25) is 4.98 Å². The SMILES string of the molecule is O=S(=O)(Oc1cccnc1)c1ccc(Br)cc1. The van der Waals surface area contributed by atoms with Gasteiger partial charge in [0.2, 0.25) is 0 Å². The van der Waals surface area contributed by atoms with Crippen molar-refractivity contribution in [3.05, 3.63) is 53.3 Å². The Bertz CT molecular complexity index is 596. The maximum atomic E-state index is 11.8. The highest BCUT2D eigenvalue weighted by Crippen LogP contribution is 2.19. The first kappa shape index (κ1) is 12.1. The molecule has 0 amide bonds. The van der Waals surface area contributed by atoms with E-state index in [9.17, 15) is 8.42 Å². The second kappa shape index (κ2) is 4.85. The monoisotopic (exact) mass is 313 g/mol. The molecule has 1 aromatic heterocycles. The van der Waals surface area contributed by atoms with Crippen LogP contribution in [-0.2, 0) is 10.1 Å². The molecule has 6 heteroatoms. The smallest absolute Gasteiger partial charge is 0.339 e. The second-order valence-corrected chi connectivity index (χ2v) is 5.64. The molecule has 0 atom stereocenters. The Morgan fingerprint density at radius 3 is 2.41 bits per heavy atom. The number of hydrogen-bond donors (Lipinski definition) is 0. The van der Waals surface area contributed by atoms with Gasteiger partial charge in [0.1, 0.15) is 4.90 Å². The number of benzene rings is 1. The highest BCUT2D eigenvalue weighted by atomic mass is 79.9. The van der Waals surface area contributed by atoms with E-state index in [2.05, 4.69) is 20.9 Å². The summed E-state index contributed by atoms with van der Waals surface area (Å²) in [4.78, 5) is 3.88. The zero-order chi connectivity index (χ0) is 12.3. The van der Waals surface area contributed by atoms with E-state index < -0.39 is 10.1 Å². The summed E-state index contributed by atoms with van der Waals surface area (Å²) in [5.74, 6) is 0.190. The molecule has 88 valence electrons. The molecular formula is C11H8BrNO3S. The summed E-state index contributed by atoms with van der Waals surface area (Å²) in [6.07, 6.45) is 2.88. The van der Waals surface area contributed by atoms with Gasteiger partial charge in [-0.2, -0.15) is 8.42 Å². The molecule has 0 saturated carbocycles. The second-order valence-electron chi connectivity index (χ2n) is 3.18. The summed E-state index contributed by atoms with van der Waals surface area (Å²) >= 11 is 3.23. The number of nitrogens with zero attached hydrogens (tertiary/aromatic N) is 1. The predicted octanol–water partition coefficient (Wildman–Crippen LogP) is 2.61. The molecule has 0 fully saturated rings. The predicted molar refractivity (Wildman–Crippen MR) is 66.2 cm³/mol. The van der Waals surface area contributed by atoms with Crippen LogP contribution in [0.2, 0.25) is 0 Å². The average Bonchev–Trinajstić information content (AvgIpc) is 2.30. The lowest BCUT2D eigenvalue weighted by Crippen LogP contribution is -2.09. The van der Waals surface area contributed by atoms with Crippen molar-refractivity contribution in [2.45, 2.75) is 4.90 Å². The Kier molecular flexibility index (Phi) is 3.44. The first-order valence-electron chi connectivity index (χ1n) is 4.68. The highest BCUT2D eigenvalue weighted by molar-refractivity contribution is 9.10. The summed E-state index contributed by atoms with van der Waals surface area (Å²) in [5.41, 5.74) is 0. The Morgan fingerprint density at radius 1 is 1.12 bits per heavy atom. The maximum absolute atomic E-state index is 11.8. The molecule has 0 aliphatic carbocycles. The van der Waals surface area contributed by atoms with Crippen molar-refractivity contribution in [2.24, 2.45) is 0 Å². The number of rotatable bonds is 3. The fourth-order valence-corrected chi connectivity index (χ4v) is 2.35. The molecule has 0 N–H and O–H groups in total. The number of pyridine rings is 1. The molecule has 0 unspecified atom stereocenters. The molecule has 0 aliphatic heterocycles. The van der Waals surface area contributed by atoms with Gasteiger partial charge in [-0.15, -0.1) is 0 Å². The van der Waals surface area contributed by atoms with Crippen molar-refractivity contribution in [2.75, 3.05) is 0 Å². The third-order valence-corrected chi connectivity index (χ3v) is 3.73. The molecule has 1 aromatic carbocycles. The van der Waals surface area contributed by atoms with Crippen LogP contribution >= 0.6 is 15.9 Å². The molecule has 4 nitrogen and oxygen atoms in total. The Balaban J connectivity index is 2.29. The highest BCUT2D eigenvalue weighted by Gasteiger charge is 2.16. The lowest BCUT2D eigenvalue weighted by atomic mass is 10.4. The number of halogens is 1. The minimum atomic E-state index is -3.79. The van der Waals surface area contributed by atoms with E-state index >= 15 is 0 Å². The van der Waals surface area contributed by atoms with E-state index in [1.54, 1.807) is 24.4 Å². The fourth-order valence-electron chi connectivity index (χ4n) is 1.17. The first-order valence-corrected chi connectivity index (χ1v) is 6.88. The Hall–Kier alpha value is -1.40. The molecular weight excluding hydrogens is 306 g/mol. The first-order chi connectivity index (χ1) is 8.08. The van der Waals surface area contributed by atoms with Gasteiger partial charge in [0.25, 0.3) is 0 Å². The zero-order valence-electron chi connectivity index (χ0n) is 8.58. The van der Waals surface area contributed by atoms with Crippen molar-refractivity contribution in [1.82, 2.24) is 4.98 Å². The minimum Gasteiger partial charge on any atom is -0.377 e. The van der Waals surface area contributed by atoms with Gasteiger partial charge >= 0.3 is 10.1 Å². The van der Waals surface area contributed by atoms with Crippen molar-refractivity contribution in [3.63, 3.8) is 0 Å². The van der Waals surface area contributed by atoms with Gasteiger partial charge in [-0.05, 0) is 36.4 Å². The molecule has 0 aliphatic rings. The third-order valence-electron chi connectivity index (χ3n) is 1.94. The van der Waals surface area contributed by atoms with Gasteiger partial charge in [0.15, 0.2) is 5.75 Å². The molecule has 0 radical (unpaired) electrons. The topological polar surface area (TPSA) is 56.3 Å². The van der Waals surface area contributed by atoms with Crippen LogP contribution in [0.4, 0.5) is 0 Å². The van der Waals surface area contributed by atoms with E-state index in [0.717, 1.165) is 4.47 Å². The van der Waals surface area contributed by atoms with Gasteiger partial charge in [0.05, 0.1) is 6.20 Å². The largest absolute Gasteiger partial charge is 0.377 e. The summed E-state index contributed by atoms with van der Waals surface area (Å²) in [6.45, 7) is 0. The fraction of sp³-hybridized carbons (Fsp3) is 0. The number of hydrogen-bond acceptors (Lipinski definition) is 4. The summed E-state index contributed by atoms with van der Waals surface area (Å²) in [6, 6.07) is 9.35.